The topological polar surface area (TPSA) is 38.7 Å². The van der Waals surface area contributed by atoms with E-state index in [0.29, 0.717) is 0 Å². The highest BCUT2D eigenvalue weighted by molar-refractivity contribution is 5.63. The fraction of sp³-hybridized carbons (Fsp3) is 0. The van der Waals surface area contributed by atoms with Crippen LogP contribution in [-0.2, 0) is 0 Å². The second-order valence-corrected chi connectivity index (χ2v) is 3.89. The fourth-order valence-corrected chi connectivity index (χ4v) is 1.76. The smallest absolute Gasteiger partial charge is 0.0717 e. The third-order valence-corrected chi connectivity index (χ3v) is 2.68. The number of rotatable bonds is 2. The van der Waals surface area contributed by atoms with Gasteiger partial charge in [0.15, 0.2) is 0 Å². The first-order valence-corrected chi connectivity index (χ1v) is 5.71. The molecule has 0 aliphatic carbocycles. The Balaban J connectivity index is 1.95. The highest BCUT2D eigenvalue weighted by Gasteiger charge is 2.01. The van der Waals surface area contributed by atoms with Crippen LogP contribution in [0.4, 0.5) is 0 Å². The highest BCUT2D eigenvalue weighted by atomic mass is 14.7. The molecule has 3 heteroatoms. The van der Waals surface area contributed by atoms with Crippen molar-refractivity contribution in [3.63, 3.8) is 0 Å². The lowest BCUT2D eigenvalue weighted by molar-refractivity contribution is 1.26. The van der Waals surface area contributed by atoms with Crippen molar-refractivity contribution >= 4 is 0 Å². The molecule has 0 bridgehead atoms. The van der Waals surface area contributed by atoms with Gasteiger partial charge in [-0.3, -0.25) is 15.0 Å². The van der Waals surface area contributed by atoms with Gasteiger partial charge in [0.1, 0.15) is 0 Å². The molecule has 0 aliphatic rings. The molecule has 3 aromatic rings. The third-order valence-electron chi connectivity index (χ3n) is 2.68. The zero-order chi connectivity index (χ0) is 12.2. The Kier molecular flexibility index (Phi) is 2.80. The van der Waals surface area contributed by atoms with Crippen molar-refractivity contribution in [2.75, 3.05) is 0 Å². The Morgan fingerprint density at radius 2 is 1.50 bits per heavy atom. The molecule has 3 aromatic heterocycles. The van der Waals surface area contributed by atoms with Gasteiger partial charge in [-0.1, -0.05) is 6.07 Å². The van der Waals surface area contributed by atoms with Crippen LogP contribution in [0.25, 0.3) is 22.5 Å². The van der Waals surface area contributed by atoms with E-state index in [-0.39, 0.29) is 0 Å². The minimum atomic E-state index is 0.919. The normalized spacial score (nSPS) is 10.2. The Labute approximate surface area is 105 Å². The summed E-state index contributed by atoms with van der Waals surface area (Å²) in [5.41, 5.74) is 3.89. The van der Waals surface area contributed by atoms with E-state index in [9.17, 15) is 0 Å². The van der Waals surface area contributed by atoms with Crippen molar-refractivity contribution in [1.29, 1.82) is 0 Å². The molecular formula is C15H11N3. The van der Waals surface area contributed by atoms with Crippen LogP contribution >= 0.6 is 0 Å². The summed E-state index contributed by atoms with van der Waals surface area (Å²) in [4.78, 5) is 12.8. The van der Waals surface area contributed by atoms with E-state index in [2.05, 4.69) is 15.0 Å². The van der Waals surface area contributed by atoms with Crippen LogP contribution in [0.3, 0.4) is 0 Å². The molecule has 0 aliphatic heterocycles. The van der Waals surface area contributed by atoms with Gasteiger partial charge in [0.2, 0.25) is 0 Å². The van der Waals surface area contributed by atoms with E-state index >= 15 is 0 Å². The van der Waals surface area contributed by atoms with Crippen molar-refractivity contribution in [1.82, 2.24) is 15.0 Å². The summed E-state index contributed by atoms with van der Waals surface area (Å²) in [7, 11) is 0. The quantitative estimate of drug-likeness (QED) is 0.682. The fourth-order valence-electron chi connectivity index (χ4n) is 1.76. The van der Waals surface area contributed by atoms with Crippen LogP contribution in [0.5, 0.6) is 0 Å². The molecule has 0 amide bonds. The maximum Gasteiger partial charge on any atom is 0.0717 e. The predicted octanol–water partition coefficient (Wildman–Crippen LogP) is 3.21. The van der Waals surface area contributed by atoms with Gasteiger partial charge >= 0.3 is 0 Å². The van der Waals surface area contributed by atoms with Gasteiger partial charge in [-0.25, -0.2) is 0 Å². The SMILES string of the molecule is c1ccc(-c2ccc(-c3cccnc3)nc2)nc1. The number of hydrogen-bond acceptors (Lipinski definition) is 3. The monoisotopic (exact) mass is 233 g/mol. The lowest BCUT2D eigenvalue weighted by Crippen LogP contribution is -1.87. The zero-order valence-electron chi connectivity index (χ0n) is 9.69. The average Bonchev–Trinajstić information content (AvgIpc) is 2.49. The molecule has 0 fully saturated rings. The minimum absolute atomic E-state index is 0.919. The van der Waals surface area contributed by atoms with Gasteiger partial charge in [0.25, 0.3) is 0 Å². The Hall–Kier alpha value is -2.55. The molecule has 0 unspecified atom stereocenters. The van der Waals surface area contributed by atoms with Crippen molar-refractivity contribution in [2.45, 2.75) is 0 Å². The van der Waals surface area contributed by atoms with E-state index < -0.39 is 0 Å². The number of nitrogens with zero attached hydrogens (tertiary/aromatic N) is 3. The molecule has 0 saturated heterocycles. The predicted molar refractivity (Wildman–Crippen MR) is 70.7 cm³/mol. The van der Waals surface area contributed by atoms with E-state index in [1.54, 1.807) is 12.4 Å². The second-order valence-electron chi connectivity index (χ2n) is 3.89. The molecule has 86 valence electrons. The first-order chi connectivity index (χ1) is 8.93. The molecule has 0 spiro atoms. The third kappa shape index (κ3) is 2.11. The van der Waals surface area contributed by atoms with Gasteiger partial charge in [-0.15, -0.1) is 0 Å². The summed E-state index contributed by atoms with van der Waals surface area (Å²) in [6, 6.07) is 13.8. The summed E-state index contributed by atoms with van der Waals surface area (Å²) in [6.45, 7) is 0. The van der Waals surface area contributed by atoms with Gasteiger partial charge in [0.05, 0.1) is 11.4 Å². The van der Waals surface area contributed by atoms with Gasteiger partial charge in [0, 0.05) is 35.9 Å². The lowest BCUT2D eigenvalue weighted by atomic mass is 10.1. The van der Waals surface area contributed by atoms with Crippen molar-refractivity contribution < 1.29 is 0 Å². The molecule has 0 N–H and O–H groups in total. The molecule has 3 heterocycles. The summed E-state index contributed by atoms with van der Waals surface area (Å²) in [5, 5.41) is 0. The molecule has 0 radical (unpaired) electrons. The van der Waals surface area contributed by atoms with Crippen LogP contribution in [0.15, 0.2) is 67.3 Å². The maximum atomic E-state index is 4.45. The molecule has 0 atom stereocenters. The molecule has 0 aromatic carbocycles. The van der Waals surface area contributed by atoms with E-state index in [0.717, 1.165) is 22.5 Å². The minimum Gasteiger partial charge on any atom is -0.264 e. The largest absolute Gasteiger partial charge is 0.264 e. The van der Waals surface area contributed by atoms with E-state index in [1.807, 2.05) is 54.9 Å². The van der Waals surface area contributed by atoms with Crippen LogP contribution in [0.1, 0.15) is 0 Å². The molecule has 3 nitrogen and oxygen atoms in total. The van der Waals surface area contributed by atoms with Crippen LogP contribution in [-0.4, -0.2) is 15.0 Å². The van der Waals surface area contributed by atoms with Crippen LogP contribution in [0.2, 0.25) is 0 Å². The zero-order valence-corrected chi connectivity index (χ0v) is 9.69. The number of pyridine rings is 3. The molecular weight excluding hydrogens is 222 g/mol. The van der Waals surface area contributed by atoms with Crippen molar-refractivity contribution in [3.05, 3.63) is 67.3 Å². The molecule has 3 rings (SSSR count). The van der Waals surface area contributed by atoms with Gasteiger partial charge in [-0.2, -0.15) is 0 Å². The Morgan fingerprint density at radius 3 is 2.17 bits per heavy atom. The first kappa shape index (κ1) is 10.6. The van der Waals surface area contributed by atoms with Crippen molar-refractivity contribution in [3.8, 4) is 22.5 Å². The summed E-state index contributed by atoms with van der Waals surface area (Å²) in [5.74, 6) is 0. The summed E-state index contributed by atoms with van der Waals surface area (Å²) in [6.07, 6.45) is 7.18. The van der Waals surface area contributed by atoms with Crippen LogP contribution in [0, 0.1) is 0 Å². The number of hydrogen-bond donors (Lipinski definition) is 0. The van der Waals surface area contributed by atoms with E-state index in [1.165, 1.54) is 0 Å². The van der Waals surface area contributed by atoms with Crippen molar-refractivity contribution in [2.24, 2.45) is 0 Å². The second kappa shape index (κ2) is 4.75. The van der Waals surface area contributed by atoms with Crippen LogP contribution < -0.4 is 0 Å². The standard InChI is InChI=1S/C15H11N3/c1-2-9-17-14(5-1)13-6-7-15(18-11-13)12-4-3-8-16-10-12/h1-11H. The first-order valence-electron chi connectivity index (χ1n) is 5.71. The lowest BCUT2D eigenvalue weighted by Gasteiger charge is -2.02. The van der Waals surface area contributed by atoms with Gasteiger partial charge < -0.3 is 0 Å². The average molecular weight is 233 g/mol. The highest BCUT2D eigenvalue weighted by Crippen LogP contribution is 2.20. The van der Waals surface area contributed by atoms with E-state index in [4.69, 9.17) is 0 Å². The molecule has 0 saturated carbocycles. The molecule has 18 heavy (non-hydrogen) atoms. The van der Waals surface area contributed by atoms with Gasteiger partial charge in [-0.05, 0) is 36.4 Å². The Morgan fingerprint density at radius 1 is 0.611 bits per heavy atom. The summed E-state index contributed by atoms with van der Waals surface area (Å²) < 4.78 is 0. The Bertz CT molecular complexity index is 560. The maximum absolute atomic E-state index is 4.45. The summed E-state index contributed by atoms with van der Waals surface area (Å²) >= 11 is 0. The number of aromatic nitrogens is 3.